The molecule has 0 radical (unpaired) electrons. The van der Waals surface area contributed by atoms with Crippen LogP contribution in [0.15, 0.2) is 59.6 Å². The maximum absolute atomic E-state index is 12.9. The summed E-state index contributed by atoms with van der Waals surface area (Å²) < 4.78 is 27.2. The van der Waals surface area contributed by atoms with E-state index in [0.29, 0.717) is 13.0 Å². The standard InChI is InChI=1S/C18H21N3O3S/c22-18(20-14-15-8-4-6-12-19-15)17-11-5-7-13-21(17)25(23,24)16-9-2-1-3-10-16/h1-4,6,8-10,12,17H,5,7,11,13-14H2,(H,20,22). The van der Waals surface area contributed by atoms with Crippen molar-refractivity contribution in [1.29, 1.82) is 0 Å². The molecule has 2 heterocycles. The first-order chi connectivity index (χ1) is 12.1. The van der Waals surface area contributed by atoms with Crippen molar-refractivity contribution in [2.75, 3.05) is 6.54 Å². The van der Waals surface area contributed by atoms with Crippen LogP contribution in [0.4, 0.5) is 0 Å². The summed E-state index contributed by atoms with van der Waals surface area (Å²) in [7, 11) is -3.68. The molecule has 1 fully saturated rings. The zero-order valence-electron chi connectivity index (χ0n) is 13.8. The smallest absolute Gasteiger partial charge is 0.243 e. The van der Waals surface area contributed by atoms with Gasteiger partial charge in [0.05, 0.1) is 17.1 Å². The highest BCUT2D eigenvalue weighted by Gasteiger charge is 2.37. The van der Waals surface area contributed by atoms with Gasteiger partial charge in [-0.25, -0.2) is 8.42 Å². The third-order valence-electron chi connectivity index (χ3n) is 4.28. The molecule has 0 aliphatic carbocycles. The summed E-state index contributed by atoms with van der Waals surface area (Å²) in [5, 5.41) is 2.81. The van der Waals surface area contributed by atoms with Crippen LogP contribution >= 0.6 is 0 Å². The van der Waals surface area contributed by atoms with Crippen molar-refractivity contribution >= 4 is 15.9 Å². The molecule has 1 unspecified atom stereocenters. The largest absolute Gasteiger partial charge is 0.349 e. The molecule has 132 valence electrons. The number of amides is 1. The molecule has 0 saturated carbocycles. The molecule has 6 nitrogen and oxygen atoms in total. The van der Waals surface area contributed by atoms with E-state index in [1.807, 2.05) is 12.1 Å². The van der Waals surface area contributed by atoms with Crippen LogP contribution in [0.5, 0.6) is 0 Å². The summed E-state index contributed by atoms with van der Waals surface area (Å²) in [4.78, 5) is 17.0. The highest BCUT2D eigenvalue weighted by Crippen LogP contribution is 2.25. The van der Waals surface area contributed by atoms with Crippen LogP contribution in [0, 0.1) is 0 Å². The number of hydrogen-bond acceptors (Lipinski definition) is 4. The van der Waals surface area contributed by atoms with Crippen LogP contribution in [0.3, 0.4) is 0 Å². The lowest BCUT2D eigenvalue weighted by Gasteiger charge is -2.33. The van der Waals surface area contributed by atoms with E-state index in [9.17, 15) is 13.2 Å². The van der Waals surface area contributed by atoms with Gasteiger partial charge >= 0.3 is 0 Å². The Morgan fingerprint density at radius 1 is 1.12 bits per heavy atom. The molecular weight excluding hydrogens is 338 g/mol. The summed E-state index contributed by atoms with van der Waals surface area (Å²) in [6.45, 7) is 0.647. The second-order valence-corrected chi connectivity index (χ2v) is 7.87. The zero-order chi connectivity index (χ0) is 17.7. The lowest BCUT2D eigenvalue weighted by molar-refractivity contribution is -0.125. The molecule has 3 rings (SSSR count). The zero-order valence-corrected chi connectivity index (χ0v) is 14.7. The van der Waals surface area contributed by atoms with Gasteiger partial charge in [0.2, 0.25) is 15.9 Å². The molecule has 1 atom stereocenters. The fourth-order valence-electron chi connectivity index (χ4n) is 2.98. The quantitative estimate of drug-likeness (QED) is 0.885. The van der Waals surface area contributed by atoms with E-state index in [4.69, 9.17) is 0 Å². The highest BCUT2D eigenvalue weighted by atomic mass is 32.2. The Balaban J connectivity index is 1.75. The molecule has 25 heavy (non-hydrogen) atoms. The van der Waals surface area contributed by atoms with E-state index in [1.54, 1.807) is 42.6 Å². The molecule has 7 heteroatoms. The Kier molecular flexibility index (Phi) is 5.45. The molecule has 0 bridgehead atoms. The molecule has 0 spiro atoms. The van der Waals surface area contributed by atoms with Gasteiger partial charge in [-0.15, -0.1) is 0 Å². The third-order valence-corrected chi connectivity index (χ3v) is 6.20. The number of sulfonamides is 1. The van der Waals surface area contributed by atoms with Crippen molar-refractivity contribution in [3.8, 4) is 0 Å². The van der Waals surface area contributed by atoms with Crippen LogP contribution in [0.1, 0.15) is 25.0 Å². The third kappa shape index (κ3) is 4.05. The van der Waals surface area contributed by atoms with Crippen molar-refractivity contribution in [2.45, 2.75) is 36.7 Å². The van der Waals surface area contributed by atoms with Gasteiger partial charge in [0.1, 0.15) is 6.04 Å². The second-order valence-electron chi connectivity index (χ2n) is 5.98. The minimum atomic E-state index is -3.68. The monoisotopic (exact) mass is 359 g/mol. The van der Waals surface area contributed by atoms with Gasteiger partial charge < -0.3 is 5.32 Å². The number of nitrogens with zero attached hydrogens (tertiary/aromatic N) is 2. The van der Waals surface area contributed by atoms with Gasteiger partial charge in [0.15, 0.2) is 0 Å². The molecule has 1 aromatic heterocycles. The SMILES string of the molecule is O=C(NCc1ccccn1)C1CCCCN1S(=O)(=O)c1ccccc1. The number of aromatic nitrogens is 1. The summed E-state index contributed by atoms with van der Waals surface area (Å²) in [6, 6.07) is 13.1. The number of benzene rings is 1. The van der Waals surface area contributed by atoms with Crippen LogP contribution in [-0.2, 0) is 21.4 Å². The van der Waals surface area contributed by atoms with Gasteiger partial charge in [-0.3, -0.25) is 9.78 Å². The second kappa shape index (κ2) is 7.76. The van der Waals surface area contributed by atoms with Crippen molar-refractivity contribution in [1.82, 2.24) is 14.6 Å². The Bertz CT molecular complexity index is 810. The fraction of sp³-hybridized carbons (Fsp3) is 0.333. The van der Waals surface area contributed by atoms with Crippen LogP contribution in [-0.4, -0.2) is 36.2 Å². The fourth-order valence-corrected chi connectivity index (χ4v) is 4.66. The number of carbonyl (C=O) groups is 1. The van der Waals surface area contributed by atoms with Gasteiger partial charge in [-0.05, 0) is 37.1 Å². The lowest BCUT2D eigenvalue weighted by Crippen LogP contribution is -2.51. The van der Waals surface area contributed by atoms with E-state index in [-0.39, 0.29) is 17.3 Å². The van der Waals surface area contributed by atoms with Gasteiger partial charge in [-0.1, -0.05) is 30.7 Å². The van der Waals surface area contributed by atoms with Gasteiger partial charge in [-0.2, -0.15) is 4.31 Å². The lowest BCUT2D eigenvalue weighted by atomic mass is 10.0. The topological polar surface area (TPSA) is 79.4 Å². The average molecular weight is 359 g/mol. The molecule has 1 N–H and O–H groups in total. The maximum Gasteiger partial charge on any atom is 0.243 e. The first-order valence-corrected chi connectivity index (χ1v) is 9.77. The summed E-state index contributed by atoms with van der Waals surface area (Å²) in [5.74, 6) is -0.273. The molecular formula is C18H21N3O3S. The molecule has 1 aliphatic rings. The molecule has 1 amide bonds. The summed E-state index contributed by atoms with van der Waals surface area (Å²) in [5.41, 5.74) is 0.740. The highest BCUT2D eigenvalue weighted by molar-refractivity contribution is 7.89. The Hall–Kier alpha value is -2.25. The van der Waals surface area contributed by atoms with Crippen molar-refractivity contribution < 1.29 is 13.2 Å². The Morgan fingerprint density at radius 3 is 2.60 bits per heavy atom. The number of piperidine rings is 1. The molecule has 1 aromatic carbocycles. The number of hydrogen-bond donors (Lipinski definition) is 1. The first kappa shape index (κ1) is 17.6. The average Bonchev–Trinajstić information content (AvgIpc) is 2.67. The molecule has 1 saturated heterocycles. The normalized spacial score (nSPS) is 18.6. The Morgan fingerprint density at radius 2 is 1.88 bits per heavy atom. The number of nitrogens with one attached hydrogen (secondary N) is 1. The first-order valence-electron chi connectivity index (χ1n) is 8.33. The van der Waals surface area contributed by atoms with E-state index >= 15 is 0 Å². The summed E-state index contributed by atoms with van der Waals surface area (Å²) in [6.07, 6.45) is 3.78. The van der Waals surface area contributed by atoms with E-state index in [1.165, 1.54) is 4.31 Å². The van der Waals surface area contributed by atoms with Crippen LogP contribution in [0.25, 0.3) is 0 Å². The Labute approximate surface area is 147 Å². The minimum Gasteiger partial charge on any atom is -0.349 e. The number of carbonyl (C=O) groups excluding carboxylic acids is 1. The van der Waals surface area contributed by atoms with Gasteiger partial charge in [0.25, 0.3) is 0 Å². The van der Waals surface area contributed by atoms with Crippen molar-refractivity contribution in [3.05, 3.63) is 60.4 Å². The number of pyridine rings is 1. The van der Waals surface area contributed by atoms with Crippen LogP contribution < -0.4 is 5.32 Å². The predicted octanol–water partition coefficient (Wildman–Crippen LogP) is 1.94. The van der Waals surface area contributed by atoms with Crippen molar-refractivity contribution in [3.63, 3.8) is 0 Å². The summed E-state index contributed by atoms with van der Waals surface area (Å²) >= 11 is 0. The van der Waals surface area contributed by atoms with Crippen molar-refractivity contribution in [2.24, 2.45) is 0 Å². The molecule has 2 aromatic rings. The molecule has 1 aliphatic heterocycles. The number of rotatable bonds is 5. The maximum atomic E-state index is 12.9. The van der Waals surface area contributed by atoms with E-state index in [2.05, 4.69) is 10.3 Å². The van der Waals surface area contributed by atoms with E-state index < -0.39 is 16.1 Å². The minimum absolute atomic E-state index is 0.222. The predicted molar refractivity (Wildman–Crippen MR) is 94.1 cm³/mol. The van der Waals surface area contributed by atoms with Crippen LogP contribution in [0.2, 0.25) is 0 Å². The van der Waals surface area contributed by atoms with E-state index in [0.717, 1.165) is 18.5 Å². The van der Waals surface area contributed by atoms with Gasteiger partial charge in [0, 0.05) is 12.7 Å².